The third-order valence-electron chi connectivity index (χ3n) is 4.21. The number of hydrogen-bond acceptors (Lipinski definition) is 4. The molecular weight excluding hydrogens is 334 g/mol. The molecule has 0 aliphatic heterocycles. The Morgan fingerprint density at radius 3 is 2.28 bits per heavy atom. The second-order valence-electron chi connectivity index (χ2n) is 6.46. The normalized spacial score (nSPS) is 11.9. The summed E-state index contributed by atoms with van der Waals surface area (Å²) < 4.78 is 27.4. The zero-order valence-corrected chi connectivity index (χ0v) is 15.6. The van der Waals surface area contributed by atoms with Crippen molar-refractivity contribution in [2.24, 2.45) is 0 Å². The van der Waals surface area contributed by atoms with Gasteiger partial charge in [-0.3, -0.25) is 0 Å². The zero-order chi connectivity index (χ0) is 18.2. The van der Waals surface area contributed by atoms with Gasteiger partial charge in [-0.25, -0.2) is 13.1 Å². The lowest BCUT2D eigenvalue weighted by Crippen LogP contribution is -2.06. The summed E-state index contributed by atoms with van der Waals surface area (Å²) in [6.45, 7) is 7.84. The number of aryl methyl sites for hydroxylation is 1. The molecule has 0 fully saturated rings. The Labute approximate surface area is 148 Å². The van der Waals surface area contributed by atoms with E-state index in [0.717, 1.165) is 16.8 Å². The third kappa shape index (κ3) is 3.22. The van der Waals surface area contributed by atoms with E-state index in [1.807, 2.05) is 43.3 Å². The lowest BCUT2D eigenvalue weighted by molar-refractivity contribution is 0.591. The molecule has 6 heteroatoms. The summed E-state index contributed by atoms with van der Waals surface area (Å²) in [5.74, 6) is 0.348. The highest BCUT2D eigenvalue weighted by Gasteiger charge is 2.26. The highest BCUT2D eigenvalue weighted by Crippen LogP contribution is 2.25. The van der Waals surface area contributed by atoms with Crippen LogP contribution in [-0.4, -0.2) is 23.4 Å². The molecule has 130 valence electrons. The summed E-state index contributed by atoms with van der Waals surface area (Å²) in [4.78, 5) is 0.233. The molecule has 0 N–H and O–H groups in total. The van der Waals surface area contributed by atoms with Gasteiger partial charge in [0, 0.05) is 0 Å². The monoisotopic (exact) mass is 355 g/mol. The minimum Gasteiger partial charge on any atom is -0.217 e. The number of hydrogen-bond donors (Lipinski definition) is 0. The van der Waals surface area contributed by atoms with Crippen LogP contribution in [-0.2, 0) is 9.84 Å². The Morgan fingerprint density at radius 1 is 1.00 bits per heavy atom. The third-order valence-corrected chi connectivity index (χ3v) is 5.99. The van der Waals surface area contributed by atoms with Gasteiger partial charge in [-0.1, -0.05) is 43.3 Å². The molecule has 3 aromatic rings. The van der Waals surface area contributed by atoms with Crippen molar-refractivity contribution >= 4 is 9.84 Å². The average Bonchev–Trinajstić information content (AvgIpc) is 2.97. The quantitative estimate of drug-likeness (QED) is 0.713. The van der Waals surface area contributed by atoms with E-state index in [-0.39, 0.29) is 9.92 Å². The van der Waals surface area contributed by atoms with Crippen LogP contribution in [0.4, 0.5) is 0 Å². The molecule has 0 atom stereocenters. The zero-order valence-electron chi connectivity index (χ0n) is 14.8. The van der Waals surface area contributed by atoms with Gasteiger partial charge in [0.1, 0.15) is 0 Å². The molecule has 0 aliphatic carbocycles. The molecule has 0 spiro atoms. The first-order chi connectivity index (χ1) is 11.8. The van der Waals surface area contributed by atoms with E-state index in [1.54, 1.807) is 23.7 Å². The SMILES string of the molecule is Cc1cccc(-n2nnc(S(=O)(=O)c3ccc(C(C)C)cc3)c2C)c1. The van der Waals surface area contributed by atoms with Crippen LogP contribution in [0.25, 0.3) is 5.69 Å². The molecule has 5 nitrogen and oxygen atoms in total. The van der Waals surface area contributed by atoms with Crippen molar-refractivity contribution in [3.05, 3.63) is 65.4 Å². The maximum absolute atomic E-state index is 12.9. The van der Waals surface area contributed by atoms with Gasteiger partial charge in [0.05, 0.1) is 16.3 Å². The largest absolute Gasteiger partial charge is 0.227 e. The minimum atomic E-state index is -3.70. The fourth-order valence-electron chi connectivity index (χ4n) is 2.71. The molecule has 3 rings (SSSR count). The van der Waals surface area contributed by atoms with Crippen molar-refractivity contribution in [1.29, 1.82) is 0 Å². The van der Waals surface area contributed by atoms with E-state index in [4.69, 9.17) is 0 Å². The molecule has 1 aromatic heterocycles. The van der Waals surface area contributed by atoms with Crippen LogP contribution in [0.5, 0.6) is 0 Å². The summed E-state index contributed by atoms with van der Waals surface area (Å²) >= 11 is 0. The van der Waals surface area contributed by atoms with Crippen molar-refractivity contribution in [2.75, 3.05) is 0 Å². The van der Waals surface area contributed by atoms with Gasteiger partial charge < -0.3 is 0 Å². The lowest BCUT2D eigenvalue weighted by Gasteiger charge is -2.08. The Morgan fingerprint density at radius 2 is 1.68 bits per heavy atom. The van der Waals surface area contributed by atoms with E-state index in [2.05, 4.69) is 24.2 Å². The lowest BCUT2D eigenvalue weighted by atomic mass is 10.0. The number of aromatic nitrogens is 3. The number of nitrogens with zero attached hydrogens (tertiary/aromatic N) is 3. The molecule has 0 saturated carbocycles. The van der Waals surface area contributed by atoms with Crippen molar-refractivity contribution < 1.29 is 8.42 Å². The van der Waals surface area contributed by atoms with Gasteiger partial charge in [-0.15, -0.1) is 5.10 Å². The highest BCUT2D eigenvalue weighted by atomic mass is 32.2. The van der Waals surface area contributed by atoms with Crippen LogP contribution in [0.15, 0.2) is 58.5 Å². The summed E-state index contributed by atoms with van der Waals surface area (Å²) in [6.07, 6.45) is 0. The van der Waals surface area contributed by atoms with Crippen LogP contribution < -0.4 is 0 Å². The van der Waals surface area contributed by atoms with E-state index >= 15 is 0 Å². The number of rotatable bonds is 4. The standard InChI is InChI=1S/C19H21N3O2S/c1-13(2)16-8-10-18(11-9-16)25(23,24)19-15(4)22(21-20-19)17-7-5-6-14(3)12-17/h5-13H,1-4H3. The van der Waals surface area contributed by atoms with Gasteiger partial charge >= 0.3 is 0 Å². The van der Waals surface area contributed by atoms with Crippen LogP contribution >= 0.6 is 0 Å². The molecule has 0 amide bonds. The van der Waals surface area contributed by atoms with Gasteiger partial charge in [0.2, 0.25) is 14.9 Å². The predicted octanol–water partition coefficient (Wildman–Crippen LogP) is 3.84. The first-order valence-electron chi connectivity index (χ1n) is 8.15. The van der Waals surface area contributed by atoms with Crippen LogP contribution in [0.2, 0.25) is 0 Å². The van der Waals surface area contributed by atoms with Crippen LogP contribution in [0.1, 0.15) is 36.6 Å². The molecule has 2 aromatic carbocycles. The van der Waals surface area contributed by atoms with E-state index < -0.39 is 9.84 Å². The second-order valence-corrected chi connectivity index (χ2v) is 8.32. The first-order valence-corrected chi connectivity index (χ1v) is 9.63. The average molecular weight is 355 g/mol. The van der Waals surface area contributed by atoms with Crippen molar-refractivity contribution in [1.82, 2.24) is 15.0 Å². The summed E-state index contributed by atoms with van der Waals surface area (Å²) in [5, 5.41) is 8.00. The highest BCUT2D eigenvalue weighted by molar-refractivity contribution is 7.91. The minimum absolute atomic E-state index is 0.00805. The Balaban J connectivity index is 2.04. The molecule has 0 saturated heterocycles. The molecule has 0 bridgehead atoms. The van der Waals surface area contributed by atoms with Crippen LogP contribution in [0, 0.1) is 13.8 Å². The molecule has 1 heterocycles. The summed E-state index contributed by atoms with van der Waals surface area (Å²) in [6, 6.07) is 14.7. The fourth-order valence-corrected chi connectivity index (χ4v) is 4.05. The molecular formula is C19H21N3O2S. The summed E-state index contributed by atoms with van der Waals surface area (Å²) in [7, 11) is -3.70. The fraction of sp³-hybridized carbons (Fsp3) is 0.263. The predicted molar refractivity (Wildman–Crippen MR) is 96.8 cm³/mol. The van der Waals surface area contributed by atoms with Crippen molar-refractivity contribution in [3.63, 3.8) is 0 Å². The van der Waals surface area contributed by atoms with Crippen LogP contribution in [0.3, 0.4) is 0 Å². The molecule has 0 unspecified atom stereocenters. The van der Waals surface area contributed by atoms with Crippen molar-refractivity contribution in [3.8, 4) is 5.69 Å². The Kier molecular flexibility index (Phi) is 4.47. The smallest absolute Gasteiger partial charge is 0.217 e. The topological polar surface area (TPSA) is 64.8 Å². The Bertz CT molecular complexity index is 1000. The maximum atomic E-state index is 12.9. The maximum Gasteiger partial charge on any atom is 0.227 e. The number of sulfone groups is 1. The van der Waals surface area contributed by atoms with Gasteiger partial charge in [-0.05, 0) is 55.2 Å². The molecule has 0 aliphatic rings. The number of benzene rings is 2. The molecule has 25 heavy (non-hydrogen) atoms. The van der Waals surface area contributed by atoms with Gasteiger partial charge in [-0.2, -0.15) is 0 Å². The Hall–Kier alpha value is -2.47. The van der Waals surface area contributed by atoms with Gasteiger partial charge in [0.15, 0.2) is 0 Å². The first kappa shape index (κ1) is 17.4. The van der Waals surface area contributed by atoms with E-state index in [0.29, 0.717) is 11.6 Å². The second kappa shape index (κ2) is 6.44. The van der Waals surface area contributed by atoms with E-state index in [1.165, 1.54) is 0 Å². The summed E-state index contributed by atoms with van der Waals surface area (Å²) in [5.41, 5.74) is 3.46. The van der Waals surface area contributed by atoms with Gasteiger partial charge in [0.25, 0.3) is 0 Å². The molecule has 0 radical (unpaired) electrons. The van der Waals surface area contributed by atoms with E-state index in [9.17, 15) is 8.42 Å². The van der Waals surface area contributed by atoms with Crippen molar-refractivity contribution in [2.45, 2.75) is 43.5 Å².